The average Bonchev–Trinajstić information content (AvgIpc) is 3.65. The molecule has 0 aliphatic heterocycles. The normalized spacial score (nSPS) is 11.0. The molecule has 6 aromatic rings. The highest BCUT2D eigenvalue weighted by molar-refractivity contribution is 9.11. The minimum Gasteiger partial charge on any atom is -0.134 e. The molecule has 0 amide bonds. The van der Waals surface area contributed by atoms with Crippen molar-refractivity contribution in [1.82, 2.24) is 0 Å². The van der Waals surface area contributed by atoms with Gasteiger partial charge >= 0.3 is 0 Å². The Balaban J connectivity index is 1.18. The van der Waals surface area contributed by atoms with Gasteiger partial charge < -0.3 is 0 Å². The van der Waals surface area contributed by atoms with Crippen molar-refractivity contribution in [3.63, 3.8) is 0 Å². The van der Waals surface area contributed by atoms with Crippen LogP contribution in [0.3, 0.4) is 0 Å². The van der Waals surface area contributed by atoms with Gasteiger partial charge in [-0.2, -0.15) is 0 Å². The summed E-state index contributed by atoms with van der Waals surface area (Å²) >= 11 is 17.8. The van der Waals surface area contributed by atoms with Crippen LogP contribution >= 0.6 is 99.9 Å². The molecule has 0 aliphatic rings. The molecule has 0 spiro atoms. The number of hydrogen-bond donors (Lipinski definition) is 0. The van der Waals surface area contributed by atoms with Crippen LogP contribution in [0.1, 0.15) is 9.75 Å². The van der Waals surface area contributed by atoms with Gasteiger partial charge in [-0.15, -0.1) is 68.0 Å². The van der Waals surface area contributed by atoms with Crippen molar-refractivity contribution >= 4 is 99.9 Å². The summed E-state index contributed by atoms with van der Waals surface area (Å²) in [5.74, 6) is 6.74. The van der Waals surface area contributed by atoms with Crippen molar-refractivity contribution in [1.29, 1.82) is 0 Å². The number of rotatable bonds is 4. The SMILES string of the molecule is Brc1ccc(-c2ccc(-c3ccc(C#Cc4ccc(-c5ccc(-c6ccc(Br)s6)s5)s4)s3)s2)s1. The molecule has 0 nitrogen and oxygen atoms in total. The lowest BCUT2D eigenvalue weighted by Gasteiger charge is -1.90. The van der Waals surface area contributed by atoms with Crippen molar-refractivity contribution < 1.29 is 0 Å². The van der Waals surface area contributed by atoms with E-state index in [4.69, 9.17) is 0 Å². The molecule has 0 atom stereocenters. The van der Waals surface area contributed by atoms with Crippen LogP contribution in [-0.2, 0) is 0 Å². The van der Waals surface area contributed by atoms with E-state index in [1.165, 1.54) is 39.0 Å². The standard InChI is InChI=1S/C26H12Br2S6/c27-25-13-11-23(33-25)21-9-7-19(31-21)17-5-3-15(29-17)1-2-16-4-6-18(30-16)20-8-10-22(32-20)24-12-14-26(28)34-24/h3-14H. The lowest BCUT2D eigenvalue weighted by atomic mass is 10.3. The Bertz CT molecular complexity index is 1530. The van der Waals surface area contributed by atoms with E-state index >= 15 is 0 Å². The van der Waals surface area contributed by atoms with Crippen molar-refractivity contribution in [3.05, 3.63) is 90.1 Å². The molecule has 34 heavy (non-hydrogen) atoms. The molecule has 0 saturated heterocycles. The zero-order valence-electron chi connectivity index (χ0n) is 17.1. The first kappa shape index (κ1) is 23.1. The molecule has 0 aliphatic carbocycles. The summed E-state index contributed by atoms with van der Waals surface area (Å²) in [5, 5.41) is 0. The first-order valence-corrected chi connectivity index (χ1v) is 16.5. The summed E-state index contributed by atoms with van der Waals surface area (Å²) in [4.78, 5) is 12.5. The van der Waals surface area contributed by atoms with Gasteiger partial charge in [-0.25, -0.2) is 0 Å². The van der Waals surface area contributed by atoms with Crippen LogP contribution in [0.25, 0.3) is 39.0 Å². The molecule has 166 valence electrons. The predicted octanol–water partition coefficient (Wildman–Crippen LogP) is 11.6. The van der Waals surface area contributed by atoms with Crippen LogP contribution in [0, 0.1) is 11.8 Å². The third-order valence-corrected chi connectivity index (χ3v) is 13.1. The Labute approximate surface area is 238 Å². The number of halogens is 2. The van der Waals surface area contributed by atoms with Crippen LogP contribution in [0.5, 0.6) is 0 Å². The van der Waals surface area contributed by atoms with Gasteiger partial charge in [-0.05, 0) is 116 Å². The molecule has 6 rings (SSSR count). The monoisotopic (exact) mass is 674 g/mol. The largest absolute Gasteiger partial charge is 0.134 e. The van der Waals surface area contributed by atoms with Gasteiger partial charge in [0.05, 0.1) is 17.3 Å². The van der Waals surface area contributed by atoms with Gasteiger partial charge in [0, 0.05) is 39.0 Å². The van der Waals surface area contributed by atoms with Crippen molar-refractivity contribution in [2.24, 2.45) is 0 Å². The molecule has 0 bridgehead atoms. The lowest BCUT2D eigenvalue weighted by Crippen LogP contribution is -1.62. The van der Waals surface area contributed by atoms with Crippen LogP contribution in [0.15, 0.2) is 80.4 Å². The van der Waals surface area contributed by atoms with E-state index in [1.54, 1.807) is 45.3 Å². The molecule has 0 N–H and O–H groups in total. The second kappa shape index (κ2) is 10.00. The molecule has 0 fully saturated rings. The molecule has 0 saturated carbocycles. The second-order valence-electron chi connectivity index (χ2n) is 7.11. The molecule has 6 heterocycles. The molecule has 8 heteroatoms. The minimum atomic E-state index is 1.10. The quantitative estimate of drug-likeness (QED) is 0.163. The van der Waals surface area contributed by atoms with Crippen molar-refractivity contribution in [2.75, 3.05) is 0 Å². The summed E-state index contributed by atoms with van der Waals surface area (Å²) in [6.07, 6.45) is 0. The summed E-state index contributed by atoms with van der Waals surface area (Å²) in [5.41, 5.74) is 0. The van der Waals surface area contributed by atoms with Crippen LogP contribution in [-0.4, -0.2) is 0 Å². The first-order chi connectivity index (χ1) is 16.6. The smallest absolute Gasteiger partial charge is 0.0779 e. The Hall–Kier alpha value is -1.28. The Morgan fingerprint density at radius 3 is 1.00 bits per heavy atom. The zero-order chi connectivity index (χ0) is 23.1. The third-order valence-electron chi connectivity index (χ3n) is 4.85. The summed E-state index contributed by atoms with van der Waals surface area (Å²) in [7, 11) is 0. The fraction of sp³-hybridized carbons (Fsp3) is 0. The van der Waals surface area contributed by atoms with Gasteiger partial charge in [-0.1, -0.05) is 0 Å². The maximum atomic E-state index is 3.56. The van der Waals surface area contributed by atoms with Crippen LogP contribution < -0.4 is 0 Å². The Morgan fingerprint density at radius 2 is 0.647 bits per heavy atom. The van der Waals surface area contributed by atoms with E-state index in [1.807, 2.05) is 22.7 Å². The van der Waals surface area contributed by atoms with E-state index < -0.39 is 0 Å². The first-order valence-electron chi connectivity index (χ1n) is 10.0. The van der Waals surface area contributed by atoms with E-state index in [2.05, 4.69) is 116 Å². The molecule has 0 aromatic carbocycles. The van der Waals surface area contributed by atoms with Gasteiger partial charge in [0.15, 0.2) is 0 Å². The number of thiophene rings is 6. The summed E-state index contributed by atoms with van der Waals surface area (Å²) < 4.78 is 2.33. The second-order valence-corrected chi connectivity index (χ2v) is 16.4. The maximum absolute atomic E-state index is 3.56. The van der Waals surface area contributed by atoms with Crippen LogP contribution in [0.2, 0.25) is 0 Å². The Morgan fingerprint density at radius 1 is 0.353 bits per heavy atom. The maximum Gasteiger partial charge on any atom is 0.0779 e. The van der Waals surface area contributed by atoms with Gasteiger partial charge in [0.25, 0.3) is 0 Å². The van der Waals surface area contributed by atoms with Gasteiger partial charge in [-0.3, -0.25) is 0 Å². The topological polar surface area (TPSA) is 0 Å². The zero-order valence-corrected chi connectivity index (χ0v) is 25.2. The van der Waals surface area contributed by atoms with Crippen molar-refractivity contribution in [3.8, 4) is 50.9 Å². The molecule has 0 radical (unpaired) electrons. The van der Waals surface area contributed by atoms with Crippen LogP contribution in [0.4, 0.5) is 0 Å². The van der Waals surface area contributed by atoms with Crippen molar-refractivity contribution in [2.45, 2.75) is 0 Å². The number of hydrogen-bond acceptors (Lipinski definition) is 6. The highest BCUT2D eigenvalue weighted by Gasteiger charge is 2.10. The third kappa shape index (κ3) is 4.99. The van der Waals surface area contributed by atoms with Gasteiger partial charge in [0.2, 0.25) is 0 Å². The highest BCUT2D eigenvalue weighted by Crippen LogP contribution is 2.42. The van der Waals surface area contributed by atoms with Gasteiger partial charge in [0.1, 0.15) is 0 Å². The molecular weight excluding hydrogens is 664 g/mol. The Kier molecular flexibility index (Phi) is 6.80. The average molecular weight is 677 g/mol. The van der Waals surface area contributed by atoms with E-state index in [0.717, 1.165) is 17.3 Å². The van der Waals surface area contributed by atoms with E-state index in [-0.39, 0.29) is 0 Å². The summed E-state index contributed by atoms with van der Waals surface area (Å²) in [6, 6.07) is 26.0. The predicted molar refractivity (Wildman–Crippen MR) is 163 cm³/mol. The van der Waals surface area contributed by atoms with E-state index in [9.17, 15) is 0 Å². The highest BCUT2D eigenvalue weighted by atomic mass is 79.9. The molecule has 0 unspecified atom stereocenters. The fourth-order valence-electron chi connectivity index (χ4n) is 3.30. The van der Waals surface area contributed by atoms with E-state index in [0.29, 0.717) is 0 Å². The minimum absolute atomic E-state index is 1.10. The molecular formula is C26H12Br2S6. The lowest BCUT2D eigenvalue weighted by molar-refractivity contribution is 1.87. The molecule has 6 aromatic heterocycles. The summed E-state index contributed by atoms with van der Waals surface area (Å²) in [6.45, 7) is 0. The fourth-order valence-corrected chi connectivity index (χ4v) is 10.2.